The fraction of sp³-hybridized carbons (Fsp3) is 0.533. The Morgan fingerprint density at radius 3 is 2.65 bits per heavy atom. The zero-order valence-corrected chi connectivity index (χ0v) is 12.7. The molecule has 0 spiro atoms. The van der Waals surface area contributed by atoms with Crippen LogP contribution in [0.5, 0.6) is 0 Å². The van der Waals surface area contributed by atoms with E-state index in [2.05, 4.69) is 5.32 Å². The molecule has 0 aliphatic carbocycles. The summed E-state index contributed by atoms with van der Waals surface area (Å²) in [4.78, 5) is 13.9. The molecule has 0 saturated heterocycles. The highest BCUT2D eigenvalue weighted by molar-refractivity contribution is 5.95. The minimum atomic E-state index is -0.877. The Kier molecular flexibility index (Phi) is 5.25. The molecule has 0 aliphatic heterocycles. The minimum absolute atomic E-state index is 0.231. The number of aryl methyl sites for hydroxylation is 1. The maximum atomic E-state index is 13.2. The van der Waals surface area contributed by atoms with Crippen molar-refractivity contribution in [2.75, 3.05) is 18.9 Å². The molecule has 1 aromatic rings. The predicted molar refractivity (Wildman–Crippen MR) is 78.2 cm³/mol. The first-order valence-corrected chi connectivity index (χ1v) is 6.60. The van der Waals surface area contributed by atoms with Gasteiger partial charge in [-0.1, -0.05) is 6.07 Å². The van der Waals surface area contributed by atoms with Crippen molar-refractivity contribution < 1.29 is 14.3 Å². The number of amides is 1. The zero-order valence-electron chi connectivity index (χ0n) is 12.7. The van der Waals surface area contributed by atoms with Gasteiger partial charge in [0.25, 0.3) is 0 Å². The molecule has 112 valence electrons. The summed E-state index contributed by atoms with van der Waals surface area (Å²) in [5.41, 5.74) is 0.397. The Balaban J connectivity index is 2.73. The van der Waals surface area contributed by atoms with Crippen LogP contribution in [0.2, 0.25) is 0 Å². The molecule has 0 saturated carbocycles. The SMILES string of the molecule is Cc1ccc(F)cc1NC(=O)C(C)N(C)CC(C)(C)O. The van der Waals surface area contributed by atoms with Crippen LogP contribution in [0.1, 0.15) is 26.3 Å². The summed E-state index contributed by atoms with van der Waals surface area (Å²) in [5.74, 6) is -0.617. The maximum absolute atomic E-state index is 13.2. The minimum Gasteiger partial charge on any atom is -0.389 e. The fourth-order valence-corrected chi connectivity index (χ4v) is 1.91. The van der Waals surface area contributed by atoms with E-state index in [4.69, 9.17) is 0 Å². The van der Waals surface area contributed by atoms with Gasteiger partial charge in [0.05, 0.1) is 11.6 Å². The molecule has 20 heavy (non-hydrogen) atoms. The Hall–Kier alpha value is -1.46. The third-order valence-corrected chi connectivity index (χ3v) is 3.13. The number of benzene rings is 1. The van der Waals surface area contributed by atoms with Crippen LogP contribution in [-0.4, -0.2) is 41.1 Å². The number of hydrogen-bond donors (Lipinski definition) is 2. The number of carbonyl (C=O) groups is 1. The third-order valence-electron chi connectivity index (χ3n) is 3.13. The van der Waals surface area contributed by atoms with Gasteiger partial charge in [0.2, 0.25) is 5.91 Å². The van der Waals surface area contributed by atoms with Gasteiger partial charge in [0.1, 0.15) is 5.82 Å². The summed E-state index contributed by atoms with van der Waals surface area (Å²) in [5, 5.41) is 12.5. The Morgan fingerprint density at radius 1 is 1.50 bits per heavy atom. The van der Waals surface area contributed by atoms with Gasteiger partial charge in [0.15, 0.2) is 0 Å². The van der Waals surface area contributed by atoms with Crippen molar-refractivity contribution in [1.29, 1.82) is 0 Å². The van der Waals surface area contributed by atoms with E-state index in [1.807, 2.05) is 0 Å². The molecule has 0 aromatic heterocycles. The van der Waals surface area contributed by atoms with Gasteiger partial charge in [-0.05, 0) is 52.4 Å². The Bertz CT molecular complexity index is 483. The quantitative estimate of drug-likeness (QED) is 0.870. The van der Waals surface area contributed by atoms with Crippen LogP contribution in [0.3, 0.4) is 0 Å². The molecule has 2 N–H and O–H groups in total. The van der Waals surface area contributed by atoms with Crippen LogP contribution >= 0.6 is 0 Å². The lowest BCUT2D eigenvalue weighted by Crippen LogP contribution is -2.46. The number of halogens is 1. The first-order chi connectivity index (χ1) is 9.10. The zero-order chi connectivity index (χ0) is 15.5. The summed E-state index contributed by atoms with van der Waals surface area (Å²) in [6.07, 6.45) is 0. The highest BCUT2D eigenvalue weighted by Gasteiger charge is 2.24. The van der Waals surface area contributed by atoms with Crippen molar-refractivity contribution in [3.05, 3.63) is 29.6 Å². The molecule has 0 fully saturated rings. The summed E-state index contributed by atoms with van der Waals surface area (Å²) in [6, 6.07) is 3.85. The van der Waals surface area contributed by atoms with E-state index in [0.29, 0.717) is 12.2 Å². The van der Waals surface area contributed by atoms with Gasteiger partial charge in [-0.2, -0.15) is 0 Å². The number of anilines is 1. The molecule has 1 unspecified atom stereocenters. The van der Waals surface area contributed by atoms with Gasteiger partial charge in [0, 0.05) is 12.2 Å². The molecule has 1 rings (SSSR count). The van der Waals surface area contributed by atoms with Gasteiger partial charge in [-0.25, -0.2) is 4.39 Å². The maximum Gasteiger partial charge on any atom is 0.241 e. The van der Waals surface area contributed by atoms with Gasteiger partial charge >= 0.3 is 0 Å². The number of rotatable bonds is 5. The second-order valence-corrected chi connectivity index (χ2v) is 5.85. The number of nitrogens with zero attached hydrogens (tertiary/aromatic N) is 1. The standard InChI is InChI=1S/C15H23FN2O2/c1-10-6-7-12(16)8-13(10)17-14(19)11(2)18(5)9-15(3,4)20/h6-8,11,20H,9H2,1-5H3,(H,17,19). The Labute approximate surface area is 119 Å². The predicted octanol–water partition coefficient (Wildman–Crippen LogP) is 2.16. The van der Waals surface area contributed by atoms with Gasteiger partial charge < -0.3 is 10.4 Å². The van der Waals surface area contributed by atoms with Crippen molar-refractivity contribution in [3.63, 3.8) is 0 Å². The van der Waals surface area contributed by atoms with E-state index in [1.165, 1.54) is 12.1 Å². The molecule has 0 radical (unpaired) electrons. The average molecular weight is 282 g/mol. The van der Waals surface area contributed by atoms with Gasteiger partial charge in [-0.15, -0.1) is 0 Å². The second kappa shape index (κ2) is 6.33. The molecule has 1 aromatic carbocycles. The molecular formula is C15H23FN2O2. The largest absolute Gasteiger partial charge is 0.389 e. The number of aliphatic hydroxyl groups is 1. The summed E-state index contributed by atoms with van der Waals surface area (Å²) < 4.78 is 13.2. The molecule has 1 atom stereocenters. The first-order valence-electron chi connectivity index (χ1n) is 6.60. The highest BCUT2D eigenvalue weighted by Crippen LogP contribution is 2.17. The molecule has 1 amide bonds. The van der Waals surface area contributed by atoms with Crippen LogP contribution in [0.4, 0.5) is 10.1 Å². The number of likely N-dealkylation sites (N-methyl/N-ethyl adjacent to an activating group) is 1. The van der Waals surface area contributed by atoms with Crippen molar-refractivity contribution >= 4 is 11.6 Å². The van der Waals surface area contributed by atoms with E-state index in [9.17, 15) is 14.3 Å². The fourth-order valence-electron chi connectivity index (χ4n) is 1.91. The molecule has 5 heteroatoms. The summed E-state index contributed by atoms with van der Waals surface area (Å²) in [6.45, 7) is 7.29. The molecule has 0 bridgehead atoms. The molecular weight excluding hydrogens is 259 g/mol. The highest BCUT2D eigenvalue weighted by atomic mass is 19.1. The molecule has 0 aliphatic rings. The average Bonchev–Trinajstić information content (AvgIpc) is 2.30. The molecule has 0 heterocycles. The van der Waals surface area contributed by atoms with E-state index >= 15 is 0 Å². The number of hydrogen-bond acceptors (Lipinski definition) is 3. The lowest BCUT2D eigenvalue weighted by molar-refractivity contribution is -0.121. The smallest absolute Gasteiger partial charge is 0.241 e. The second-order valence-electron chi connectivity index (χ2n) is 5.85. The lowest BCUT2D eigenvalue weighted by atomic mass is 10.1. The monoisotopic (exact) mass is 282 g/mol. The lowest BCUT2D eigenvalue weighted by Gasteiger charge is -2.29. The Morgan fingerprint density at radius 2 is 2.10 bits per heavy atom. The third kappa shape index (κ3) is 4.90. The van der Waals surface area contributed by atoms with Gasteiger partial charge in [-0.3, -0.25) is 9.69 Å². The molecule has 4 nitrogen and oxygen atoms in total. The topological polar surface area (TPSA) is 52.6 Å². The van der Waals surface area contributed by atoms with Crippen LogP contribution in [0.15, 0.2) is 18.2 Å². The van der Waals surface area contributed by atoms with E-state index in [1.54, 1.807) is 45.7 Å². The number of carbonyl (C=O) groups excluding carboxylic acids is 1. The first kappa shape index (κ1) is 16.6. The van der Waals surface area contributed by atoms with Crippen molar-refractivity contribution in [2.45, 2.75) is 39.3 Å². The van der Waals surface area contributed by atoms with E-state index < -0.39 is 11.6 Å². The summed E-state index contributed by atoms with van der Waals surface area (Å²) in [7, 11) is 1.76. The van der Waals surface area contributed by atoms with Crippen molar-refractivity contribution in [2.24, 2.45) is 0 Å². The van der Waals surface area contributed by atoms with Crippen molar-refractivity contribution in [3.8, 4) is 0 Å². The normalized spacial score (nSPS) is 13.4. The number of nitrogens with one attached hydrogen (secondary N) is 1. The van der Waals surface area contributed by atoms with Crippen LogP contribution in [-0.2, 0) is 4.79 Å². The van der Waals surface area contributed by atoms with Crippen LogP contribution in [0.25, 0.3) is 0 Å². The van der Waals surface area contributed by atoms with Crippen LogP contribution in [0, 0.1) is 12.7 Å². The van der Waals surface area contributed by atoms with E-state index in [0.717, 1.165) is 5.56 Å². The summed E-state index contributed by atoms with van der Waals surface area (Å²) >= 11 is 0. The van der Waals surface area contributed by atoms with E-state index in [-0.39, 0.29) is 11.7 Å². The van der Waals surface area contributed by atoms with Crippen molar-refractivity contribution in [1.82, 2.24) is 4.90 Å². The van der Waals surface area contributed by atoms with Crippen LogP contribution < -0.4 is 5.32 Å².